The molecule has 7 heteroatoms. The third-order valence-electron chi connectivity index (χ3n) is 1.15. The molecule has 72 valence electrons. The second-order valence-electron chi connectivity index (χ2n) is 2.20. The summed E-state index contributed by atoms with van der Waals surface area (Å²) in [4.78, 5) is 0. The normalized spacial score (nSPS) is 11.2. The molecule has 0 amide bonds. The molecular weight excluding hydrogens is 218 g/mol. The van der Waals surface area contributed by atoms with E-state index in [0.717, 1.165) is 0 Å². The third kappa shape index (κ3) is 3.10. The highest BCUT2D eigenvalue weighted by Crippen LogP contribution is 2.27. The summed E-state index contributed by atoms with van der Waals surface area (Å²) < 4.78 is 33.0. The van der Waals surface area contributed by atoms with Crippen molar-refractivity contribution in [2.75, 3.05) is 5.73 Å². The molecule has 1 aromatic rings. The van der Waals surface area contributed by atoms with Crippen molar-refractivity contribution in [3.63, 3.8) is 0 Å². The predicted molar refractivity (Wildman–Crippen MR) is 48.0 cm³/mol. The largest absolute Gasteiger partial charge is 0.446 e. The van der Waals surface area contributed by atoms with E-state index in [1.807, 2.05) is 0 Å². The maximum absolute atomic E-state index is 10.3. The van der Waals surface area contributed by atoms with Gasteiger partial charge < -0.3 is 9.92 Å². The molecule has 13 heavy (non-hydrogen) atoms. The monoisotopic (exact) mass is 223 g/mol. The molecule has 0 aromatic heterocycles. The van der Waals surface area contributed by atoms with E-state index in [-0.39, 0.29) is 10.8 Å². The topological polar surface area (TPSA) is 89.6 Å². The van der Waals surface area contributed by atoms with E-state index in [2.05, 4.69) is 4.18 Å². The molecule has 3 N–H and O–H groups in total. The van der Waals surface area contributed by atoms with Gasteiger partial charge in [-0.05, 0) is 18.2 Å². The van der Waals surface area contributed by atoms with Crippen molar-refractivity contribution >= 4 is 27.7 Å². The van der Waals surface area contributed by atoms with E-state index in [1.54, 1.807) is 0 Å². The standard InChI is InChI=1S/C6H6ClNO4S/c7-5-3-4(8)1-2-6(5)12-13(9,10)11/h1-3H,8H2,(H,9,10,11). The van der Waals surface area contributed by atoms with Crippen molar-refractivity contribution in [1.29, 1.82) is 0 Å². The molecule has 0 saturated heterocycles. The first kappa shape index (κ1) is 10.1. The van der Waals surface area contributed by atoms with Crippen molar-refractivity contribution in [2.45, 2.75) is 0 Å². The van der Waals surface area contributed by atoms with Crippen LogP contribution < -0.4 is 9.92 Å². The van der Waals surface area contributed by atoms with Crippen LogP contribution in [-0.2, 0) is 10.4 Å². The molecule has 0 aliphatic rings. The smallest absolute Gasteiger partial charge is 0.399 e. The van der Waals surface area contributed by atoms with E-state index < -0.39 is 10.4 Å². The number of halogens is 1. The first-order valence-corrected chi connectivity index (χ1v) is 4.85. The average Bonchev–Trinajstić information content (AvgIpc) is 1.93. The van der Waals surface area contributed by atoms with Crippen LogP contribution in [0.3, 0.4) is 0 Å². The zero-order chi connectivity index (χ0) is 10.1. The van der Waals surface area contributed by atoms with E-state index in [1.165, 1.54) is 18.2 Å². The molecule has 0 saturated carbocycles. The maximum atomic E-state index is 10.3. The Morgan fingerprint density at radius 2 is 2.08 bits per heavy atom. The van der Waals surface area contributed by atoms with Gasteiger partial charge in [0.15, 0.2) is 5.75 Å². The summed E-state index contributed by atoms with van der Waals surface area (Å²) in [6, 6.07) is 3.94. The second-order valence-corrected chi connectivity index (χ2v) is 3.63. The highest BCUT2D eigenvalue weighted by atomic mass is 35.5. The molecule has 0 aliphatic carbocycles. The van der Waals surface area contributed by atoms with Crippen molar-refractivity contribution < 1.29 is 17.2 Å². The van der Waals surface area contributed by atoms with Gasteiger partial charge in [0.25, 0.3) is 0 Å². The Morgan fingerprint density at radius 3 is 2.54 bits per heavy atom. The maximum Gasteiger partial charge on any atom is 0.446 e. The van der Waals surface area contributed by atoms with Crippen LogP contribution in [0.4, 0.5) is 5.69 Å². The van der Waals surface area contributed by atoms with Crippen molar-refractivity contribution in [1.82, 2.24) is 0 Å². The fraction of sp³-hybridized carbons (Fsp3) is 0. The Hall–Kier alpha value is -0.980. The third-order valence-corrected chi connectivity index (χ3v) is 1.84. The van der Waals surface area contributed by atoms with Gasteiger partial charge in [-0.25, -0.2) is 0 Å². The van der Waals surface area contributed by atoms with Gasteiger partial charge in [0.1, 0.15) is 0 Å². The SMILES string of the molecule is Nc1ccc(OS(=O)(=O)O)c(Cl)c1. The summed E-state index contributed by atoms with van der Waals surface area (Å²) >= 11 is 5.56. The molecule has 0 aliphatic heterocycles. The van der Waals surface area contributed by atoms with E-state index in [9.17, 15) is 8.42 Å². The zero-order valence-corrected chi connectivity index (χ0v) is 7.84. The van der Waals surface area contributed by atoms with Gasteiger partial charge in [-0.1, -0.05) is 11.6 Å². The lowest BCUT2D eigenvalue weighted by Gasteiger charge is -2.03. The molecule has 0 radical (unpaired) electrons. The van der Waals surface area contributed by atoms with Crippen LogP contribution in [0.15, 0.2) is 18.2 Å². The van der Waals surface area contributed by atoms with Crippen molar-refractivity contribution in [3.05, 3.63) is 23.2 Å². The first-order chi connectivity index (χ1) is 5.88. The highest BCUT2D eigenvalue weighted by molar-refractivity contribution is 7.81. The molecule has 0 fully saturated rings. The molecule has 0 atom stereocenters. The molecule has 1 rings (SSSR count). The number of hydrogen-bond donors (Lipinski definition) is 2. The summed E-state index contributed by atoms with van der Waals surface area (Å²) in [5.41, 5.74) is 5.71. The molecule has 0 unspecified atom stereocenters. The van der Waals surface area contributed by atoms with Crippen LogP contribution in [0.25, 0.3) is 0 Å². The summed E-state index contributed by atoms with van der Waals surface area (Å²) in [7, 11) is -4.54. The molecule has 0 spiro atoms. The van der Waals surface area contributed by atoms with E-state index >= 15 is 0 Å². The van der Waals surface area contributed by atoms with Gasteiger partial charge in [0.05, 0.1) is 5.02 Å². The van der Waals surface area contributed by atoms with Gasteiger partial charge in [0.2, 0.25) is 0 Å². The lowest BCUT2D eigenvalue weighted by molar-refractivity contribution is 0.387. The van der Waals surface area contributed by atoms with Crippen LogP contribution in [-0.4, -0.2) is 13.0 Å². The highest BCUT2D eigenvalue weighted by Gasteiger charge is 2.10. The minimum absolute atomic E-state index is 0.0117. The Bertz CT molecular complexity index is 417. The fourth-order valence-electron chi connectivity index (χ4n) is 0.698. The van der Waals surface area contributed by atoms with E-state index in [0.29, 0.717) is 5.69 Å². The minimum Gasteiger partial charge on any atom is -0.399 e. The Kier molecular flexibility index (Phi) is 2.65. The van der Waals surface area contributed by atoms with Gasteiger partial charge in [-0.3, -0.25) is 4.55 Å². The second kappa shape index (κ2) is 3.41. The summed E-state index contributed by atoms with van der Waals surface area (Å²) in [5.74, 6) is -0.168. The minimum atomic E-state index is -4.54. The van der Waals surface area contributed by atoms with Crippen LogP contribution in [0.1, 0.15) is 0 Å². The lowest BCUT2D eigenvalue weighted by atomic mass is 10.3. The van der Waals surface area contributed by atoms with Crippen LogP contribution in [0.5, 0.6) is 5.75 Å². The number of rotatable bonds is 2. The van der Waals surface area contributed by atoms with E-state index in [4.69, 9.17) is 21.9 Å². The molecule has 0 bridgehead atoms. The van der Waals surface area contributed by atoms with Gasteiger partial charge >= 0.3 is 10.4 Å². The van der Waals surface area contributed by atoms with Gasteiger partial charge in [-0.15, -0.1) is 0 Å². The number of anilines is 1. The van der Waals surface area contributed by atoms with Gasteiger partial charge in [0, 0.05) is 5.69 Å². The van der Waals surface area contributed by atoms with Crippen molar-refractivity contribution in [2.24, 2.45) is 0 Å². The molecular formula is C6H6ClNO4S. The summed E-state index contributed by atoms with van der Waals surface area (Å²) in [6.45, 7) is 0. The average molecular weight is 224 g/mol. The lowest BCUT2D eigenvalue weighted by Crippen LogP contribution is -2.06. The first-order valence-electron chi connectivity index (χ1n) is 3.10. The number of nitrogen functional groups attached to an aromatic ring is 1. The number of benzene rings is 1. The number of nitrogens with two attached hydrogens (primary N) is 1. The summed E-state index contributed by atoms with van der Waals surface area (Å²) in [6.07, 6.45) is 0. The van der Waals surface area contributed by atoms with Crippen LogP contribution in [0, 0.1) is 0 Å². The van der Waals surface area contributed by atoms with Crippen molar-refractivity contribution in [3.8, 4) is 5.75 Å². The molecule has 1 aromatic carbocycles. The Balaban J connectivity index is 3.04. The quantitative estimate of drug-likeness (QED) is 0.579. The Morgan fingerprint density at radius 1 is 1.46 bits per heavy atom. The predicted octanol–water partition coefficient (Wildman–Crippen LogP) is 1.10. The Labute approximate surface area is 80.0 Å². The van der Waals surface area contributed by atoms with Gasteiger partial charge in [-0.2, -0.15) is 8.42 Å². The summed E-state index contributed by atoms with van der Waals surface area (Å²) in [5, 5.41) is 0.0117. The van der Waals surface area contributed by atoms with Crippen LogP contribution >= 0.6 is 11.6 Å². The number of hydrogen-bond acceptors (Lipinski definition) is 4. The fourth-order valence-corrected chi connectivity index (χ4v) is 1.34. The van der Waals surface area contributed by atoms with Crippen LogP contribution in [0.2, 0.25) is 5.02 Å². The molecule has 5 nitrogen and oxygen atoms in total. The molecule has 0 heterocycles. The zero-order valence-electron chi connectivity index (χ0n) is 6.27.